The van der Waals surface area contributed by atoms with Crippen LogP contribution in [0.5, 0.6) is 0 Å². The third kappa shape index (κ3) is 5.25. The average molecular weight is 356 g/mol. The molecule has 5 heteroatoms. The highest BCUT2D eigenvalue weighted by molar-refractivity contribution is 7.09. The summed E-state index contributed by atoms with van der Waals surface area (Å²) in [6.45, 7) is 4.01. The molecule has 2 heterocycles. The standard InChI is InChI=1S/C20H24N2O2S/c23-19(17-5-2-1-3-6-17)10-11-21-12-14-22(15-13-21)20(24)9-8-18-7-4-16-25-18/h1-7,16H,8-15H2. The van der Waals surface area contributed by atoms with Crippen LogP contribution in [0, 0.1) is 0 Å². The fourth-order valence-electron chi connectivity index (χ4n) is 3.09. The molecule has 0 saturated carbocycles. The van der Waals surface area contributed by atoms with E-state index in [1.165, 1.54) is 4.88 Å². The van der Waals surface area contributed by atoms with Crippen molar-refractivity contribution in [1.29, 1.82) is 0 Å². The summed E-state index contributed by atoms with van der Waals surface area (Å²) in [6.07, 6.45) is 1.96. The van der Waals surface area contributed by atoms with Gasteiger partial charge in [0.05, 0.1) is 0 Å². The molecular formula is C20H24N2O2S. The van der Waals surface area contributed by atoms with Gasteiger partial charge in [0.15, 0.2) is 5.78 Å². The molecule has 1 aromatic carbocycles. The number of rotatable bonds is 7. The van der Waals surface area contributed by atoms with Crippen molar-refractivity contribution in [1.82, 2.24) is 9.80 Å². The van der Waals surface area contributed by atoms with Gasteiger partial charge in [-0.3, -0.25) is 14.5 Å². The molecule has 1 amide bonds. The summed E-state index contributed by atoms with van der Waals surface area (Å²) in [5, 5.41) is 2.05. The van der Waals surface area contributed by atoms with Gasteiger partial charge >= 0.3 is 0 Å². The first kappa shape index (κ1) is 17.8. The van der Waals surface area contributed by atoms with Crippen LogP contribution in [-0.2, 0) is 11.2 Å². The van der Waals surface area contributed by atoms with Crippen molar-refractivity contribution < 1.29 is 9.59 Å². The molecular weight excluding hydrogens is 332 g/mol. The Morgan fingerprint density at radius 3 is 2.36 bits per heavy atom. The Kier molecular flexibility index (Phi) is 6.36. The quantitative estimate of drug-likeness (QED) is 0.716. The molecule has 1 fully saturated rings. The minimum Gasteiger partial charge on any atom is -0.340 e. The second kappa shape index (κ2) is 8.92. The van der Waals surface area contributed by atoms with E-state index in [1.54, 1.807) is 11.3 Å². The fourth-order valence-corrected chi connectivity index (χ4v) is 3.80. The predicted molar refractivity (Wildman–Crippen MR) is 101 cm³/mol. The minimum absolute atomic E-state index is 0.190. The molecule has 0 atom stereocenters. The highest BCUT2D eigenvalue weighted by Crippen LogP contribution is 2.13. The molecule has 0 radical (unpaired) electrons. The number of carbonyl (C=O) groups is 2. The predicted octanol–water partition coefficient (Wildman–Crippen LogP) is 3.10. The Labute approximate surface area is 153 Å². The van der Waals surface area contributed by atoms with Crippen LogP contribution in [0.25, 0.3) is 0 Å². The maximum atomic E-state index is 12.3. The van der Waals surface area contributed by atoms with Gasteiger partial charge in [0.1, 0.15) is 0 Å². The Bertz CT molecular complexity index is 677. The SMILES string of the molecule is O=C(CCN1CCN(C(=O)CCc2cccs2)CC1)c1ccccc1. The fraction of sp³-hybridized carbons (Fsp3) is 0.400. The number of hydrogen-bond donors (Lipinski definition) is 0. The van der Waals surface area contributed by atoms with Crippen LogP contribution < -0.4 is 0 Å². The first-order valence-corrected chi connectivity index (χ1v) is 9.71. The zero-order valence-corrected chi connectivity index (χ0v) is 15.2. The first-order chi connectivity index (χ1) is 12.2. The summed E-state index contributed by atoms with van der Waals surface area (Å²) in [5.41, 5.74) is 0.782. The van der Waals surface area contributed by atoms with Gasteiger partial charge in [0.25, 0.3) is 0 Å². The van der Waals surface area contributed by atoms with E-state index in [1.807, 2.05) is 41.3 Å². The Balaban J connectivity index is 1.37. The lowest BCUT2D eigenvalue weighted by Gasteiger charge is -2.34. The van der Waals surface area contributed by atoms with E-state index in [9.17, 15) is 9.59 Å². The largest absolute Gasteiger partial charge is 0.340 e. The number of carbonyl (C=O) groups excluding carboxylic acids is 2. The van der Waals surface area contributed by atoms with Gasteiger partial charge in [-0.05, 0) is 17.9 Å². The molecule has 0 aliphatic carbocycles. The summed E-state index contributed by atoms with van der Waals surface area (Å²) < 4.78 is 0. The zero-order valence-electron chi connectivity index (χ0n) is 14.4. The van der Waals surface area contributed by atoms with Crippen molar-refractivity contribution in [2.45, 2.75) is 19.3 Å². The summed E-state index contributed by atoms with van der Waals surface area (Å²) in [4.78, 5) is 30.0. The van der Waals surface area contributed by atoms with Crippen LogP contribution in [0.1, 0.15) is 28.1 Å². The van der Waals surface area contributed by atoms with Crippen LogP contribution in [0.3, 0.4) is 0 Å². The van der Waals surface area contributed by atoms with Gasteiger partial charge in [-0.1, -0.05) is 36.4 Å². The molecule has 2 aromatic rings. The number of piperazine rings is 1. The summed E-state index contributed by atoms with van der Waals surface area (Å²) in [7, 11) is 0. The second-order valence-electron chi connectivity index (χ2n) is 6.34. The van der Waals surface area contributed by atoms with Crippen LogP contribution in [0.2, 0.25) is 0 Å². The lowest BCUT2D eigenvalue weighted by molar-refractivity contribution is -0.132. The van der Waals surface area contributed by atoms with Gasteiger partial charge in [0, 0.05) is 56.0 Å². The van der Waals surface area contributed by atoms with E-state index in [-0.39, 0.29) is 11.7 Å². The highest BCUT2D eigenvalue weighted by atomic mass is 32.1. The maximum absolute atomic E-state index is 12.3. The summed E-state index contributed by atoms with van der Waals surface area (Å²) >= 11 is 1.71. The molecule has 1 aliphatic heterocycles. The summed E-state index contributed by atoms with van der Waals surface area (Å²) in [5.74, 6) is 0.434. The van der Waals surface area contributed by atoms with E-state index < -0.39 is 0 Å². The van der Waals surface area contributed by atoms with Gasteiger partial charge in [0.2, 0.25) is 5.91 Å². The Morgan fingerprint density at radius 2 is 1.68 bits per heavy atom. The van der Waals surface area contributed by atoms with Crippen molar-refractivity contribution in [3.05, 3.63) is 58.3 Å². The Hall–Kier alpha value is -1.98. The van der Waals surface area contributed by atoms with Gasteiger partial charge < -0.3 is 4.90 Å². The van der Waals surface area contributed by atoms with Crippen molar-refractivity contribution in [2.75, 3.05) is 32.7 Å². The highest BCUT2D eigenvalue weighted by Gasteiger charge is 2.21. The first-order valence-electron chi connectivity index (χ1n) is 8.83. The zero-order chi connectivity index (χ0) is 17.5. The van der Waals surface area contributed by atoms with Crippen molar-refractivity contribution >= 4 is 23.0 Å². The molecule has 132 valence electrons. The van der Waals surface area contributed by atoms with Crippen molar-refractivity contribution in [2.24, 2.45) is 0 Å². The molecule has 0 spiro atoms. The monoisotopic (exact) mass is 356 g/mol. The van der Waals surface area contributed by atoms with Crippen molar-refractivity contribution in [3.63, 3.8) is 0 Å². The number of thiophene rings is 1. The Morgan fingerprint density at radius 1 is 0.920 bits per heavy atom. The topological polar surface area (TPSA) is 40.6 Å². The van der Waals surface area contributed by atoms with Crippen LogP contribution >= 0.6 is 11.3 Å². The third-order valence-electron chi connectivity index (χ3n) is 4.64. The van der Waals surface area contributed by atoms with E-state index in [2.05, 4.69) is 16.3 Å². The van der Waals surface area contributed by atoms with E-state index in [0.29, 0.717) is 12.8 Å². The molecule has 3 rings (SSSR count). The summed E-state index contributed by atoms with van der Waals surface area (Å²) in [6, 6.07) is 13.6. The molecule has 0 bridgehead atoms. The van der Waals surface area contributed by atoms with Gasteiger partial charge in [-0.2, -0.15) is 0 Å². The lowest BCUT2D eigenvalue weighted by atomic mass is 10.1. The van der Waals surface area contributed by atoms with E-state index in [4.69, 9.17) is 0 Å². The molecule has 0 N–H and O–H groups in total. The smallest absolute Gasteiger partial charge is 0.223 e. The lowest BCUT2D eigenvalue weighted by Crippen LogP contribution is -2.49. The van der Waals surface area contributed by atoms with E-state index in [0.717, 1.165) is 44.7 Å². The number of aryl methyl sites for hydroxylation is 1. The number of nitrogens with zero attached hydrogens (tertiary/aromatic N) is 2. The van der Waals surface area contributed by atoms with E-state index >= 15 is 0 Å². The second-order valence-corrected chi connectivity index (χ2v) is 7.37. The average Bonchev–Trinajstić information content (AvgIpc) is 3.19. The molecule has 1 saturated heterocycles. The number of hydrogen-bond acceptors (Lipinski definition) is 4. The molecule has 0 unspecified atom stereocenters. The maximum Gasteiger partial charge on any atom is 0.223 e. The molecule has 25 heavy (non-hydrogen) atoms. The number of Topliss-reactive ketones (excluding diaryl/α,β-unsaturated/α-hetero) is 1. The van der Waals surface area contributed by atoms with Crippen molar-refractivity contribution in [3.8, 4) is 0 Å². The van der Waals surface area contributed by atoms with Crippen LogP contribution in [0.15, 0.2) is 47.8 Å². The number of benzene rings is 1. The molecule has 4 nitrogen and oxygen atoms in total. The number of ketones is 1. The van der Waals surface area contributed by atoms with Crippen LogP contribution in [-0.4, -0.2) is 54.2 Å². The third-order valence-corrected chi connectivity index (χ3v) is 5.58. The van der Waals surface area contributed by atoms with Gasteiger partial charge in [-0.25, -0.2) is 0 Å². The van der Waals surface area contributed by atoms with Gasteiger partial charge in [-0.15, -0.1) is 11.3 Å². The normalized spacial score (nSPS) is 15.3. The molecule has 1 aliphatic rings. The number of amides is 1. The minimum atomic E-state index is 0.190. The van der Waals surface area contributed by atoms with Crippen LogP contribution in [0.4, 0.5) is 0 Å². The molecule has 1 aromatic heterocycles.